The fourth-order valence-electron chi connectivity index (χ4n) is 2.45. The van der Waals surface area contributed by atoms with Crippen molar-refractivity contribution in [2.45, 2.75) is 38.7 Å². The van der Waals surface area contributed by atoms with Gasteiger partial charge in [0, 0.05) is 17.1 Å². The van der Waals surface area contributed by atoms with E-state index in [1.807, 2.05) is 13.8 Å². The van der Waals surface area contributed by atoms with Gasteiger partial charge in [0.15, 0.2) is 0 Å². The van der Waals surface area contributed by atoms with E-state index in [1.165, 1.54) is 0 Å². The number of aryl methyl sites for hydroxylation is 1. The monoisotopic (exact) mass is 341 g/mol. The molecule has 2 unspecified atom stereocenters. The molecular formula is C15H17Cl2N3O2. The van der Waals surface area contributed by atoms with Crippen molar-refractivity contribution in [1.82, 2.24) is 14.8 Å². The number of halogens is 2. The summed E-state index contributed by atoms with van der Waals surface area (Å²) in [6.45, 7) is 5.22. The van der Waals surface area contributed by atoms with Crippen LogP contribution in [0.5, 0.6) is 0 Å². The summed E-state index contributed by atoms with van der Waals surface area (Å²) < 4.78 is 13.9. The second kappa shape index (κ2) is 6.16. The maximum absolute atomic E-state index is 6.37. The van der Waals surface area contributed by atoms with Crippen LogP contribution >= 0.6 is 23.2 Å². The first-order chi connectivity index (χ1) is 10.6. The zero-order valence-electron chi connectivity index (χ0n) is 12.4. The van der Waals surface area contributed by atoms with Gasteiger partial charge in [0.05, 0.1) is 17.7 Å². The molecule has 3 rings (SSSR count). The minimum Gasteiger partial charge on any atom is -0.337 e. The van der Waals surface area contributed by atoms with Gasteiger partial charge < -0.3 is 9.47 Å². The second-order valence-corrected chi connectivity index (χ2v) is 5.97. The highest BCUT2D eigenvalue weighted by molar-refractivity contribution is 6.35. The number of aromatic nitrogens is 3. The van der Waals surface area contributed by atoms with E-state index in [0.29, 0.717) is 34.6 Å². The SMILES string of the molecule is CCC1COC(c2ncn(CC)n2)(c2ccc(Cl)cc2Cl)O1. The highest BCUT2D eigenvalue weighted by atomic mass is 35.5. The normalized spacial score (nSPS) is 24.8. The van der Waals surface area contributed by atoms with Crippen LogP contribution in [0.25, 0.3) is 0 Å². The van der Waals surface area contributed by atoms with E-state index in [9.17, 15) is 0 Å². The molecule has 22 heavy (non-hydrogen) atoms. The Bertz CT molecular complexity index is 677. The van der Waals surface area contributed by atoms with Crippen molar-refractivity contribution >= 4 is 23.2 Å². The van der Waals surface area contributed by atoms with E-state index < -0.39 is 5.79 Å². The molecule has 2 heterocycles. The maximum atomic E-state index is 6.37. The summed E-state index contributed by atoms with van der Waals surface area (Å²) >= 11 is 12.4. The van der Waals surface area contributed by atoms with Crippen molar-refractivity contribution in [3.8, 4) is 0 Å². The molecule has 0 spiro atoms. The highest BCUT2D eigenvalue weighted by Crippen LogP contribution is 2.43. The summed E-state index contributed by atoms with van der Waals surface area (Å²) in [5, 5.41) is 5.48. The minimum atomic E-state index is -1.18. The van der Waals surface area contributed by atoms with Gasteiger partial charge in [-0.15, -0.1) is 5.10 Å². The molecule has 1 aromatic carbocycles. The zero-order chi connectivity index (χ0) is 15.7. The molecule has 1 aromatic heterocycles. The molecule has 2 aromatic rings. The van der Waals surface area contributed by atoms with Crippen LogP contribution in [-0.2, 0) is 21.8 Å². The lowest BCUT2D eigenvalue weighted by Gasteiger charge is -2.26. The Morgan fingerprint density at radius 2 is 2.18 bits per heavy atom. The number of ether oxygens (including phenoxy) is 2. The predicted molar refractivity (Wildman–Crippen MR) is 84.1 cm³/mol. The molecular weight excluding hydrogens is 325 g/mol. The molecule has 118 valence electrons. The third kappa shape index (κ3) is 2.63. The van der Waals surface area contributed by atoms with E-state index in [2.05, 4.69) is 10.1 Å². The molecule has 0 bridgehead atoms. The standard InChI is InChI=1S/C15H17Cl2N3O2/c1-3-11-8-21-15(22-11,14-18-9-20(4-2)19-14)12-6-5-10(16)7-13(12)17/h5-7,9,11H,3-4,8H2,1-2H3. The van der Waals surface area contributed by atoms with Crippen LogP contribution in [-0.4, -0.2) is 27.5 Å². The van der Waals surface area contributed by atoms with E-state index >= 15 is 0 Å². The van der Waals surface area contributed by atoms with Crippen molar-refractivity contribution < 1.29 is 9.47 Å². The van der Waals surface area contributed by atoms with Crippen molar-refractivity contribution in [3.63, 3.8) is 0 Å². The van der Waals surface area contributed by atoms with Gasteiger partial charge in [0.25, 0.3) is 5.79 Å². The summed E-state index contributed by atoms with van der Waals surface area (Å²) in [5.74, 6) is -0.725. The molecule has 0 N–H and O–H groups in total. The lowest BCUT2D eigenvalue weighted by molar-refractivity contribution is -0.148. The third-order valence-electron chi connectivity index (χ3n) is 3.70. The van der Waals surface area contributed by atoms with Crippen LogP contribution in [0.15, 0.2) is 24.5 Å². The van der Waals surface area contributed by atoms with Crippen LogP contribution in [0, 0.1) is 0 Å². The first-order valence-electron chi connectivity index (χ1n) is 7.26. The van der Waals surface area contributed by atoms with Gasteiger partial charge in [0.1, 0.15) is 6.33 Å². The number of hydrogen-bond donors (Lipinski definition) is 0. The van der Waals surface area contributed by atoms with Crippen LogP contribution in [0.3, 0.4) is 0 Å². The summed E-state index contributed by atoms with van der Waals surface area (Å²) in [4.78, 5) is 4.36. The van der Waals surface area contributed by atoms with Crippen LogP contribution in [0.4, 0.5) is 0 Å². The van der Waals surface area contributed by atoms with Gasteiger partial charge in [-0.3, -0.25) is 4.68 Å². The Labute approximate surface area is 139 Å². The molecule has 1 aliphatic rings. The number of benzene rings is 1. The molecule has 7 heteroatoms. The largest absolute Gasteiger partial charge is 0.337 e. The van der Waals surface area contributed by atoms with Crippen molar-refractivity contribution in [2.24, 2.45) is 0 Å². The lowest BCUT2D eigenvalue weighted by atomic mass is 10.0. The van der Waals surface area contributed by atoms with Crippen LogP contribution in [0.1, 0.15) is 31.7 Å². The summed E-state index contributed by atoms with van der Waals surface area (Å²) in [7, 11) is 0. The minimum absolute atomic E-state index is 0.0275. The molecule has 0 radical (unpaired) electrons. The van der Waals surface area contributed by atoms with Crippen molar-refractivity contribution in [1.29, 1.82) is 0 Å². The van der Waals surface area contributed by atoms with Crippen LogP contribution < -0.4 is 0 Å². The van der Waals surface area contributed by atoms with E-state index in [4.69, 9.17) is 32.7 Å². The molecule has 0 saturated carbocycles. The van der Waals surface area contributed by atoms with Gasteiger partial charge in [-0.05, 0) is 25.5 Å². The molecule has 5 nitrogen and oxygen atoms in total. The van der Waals surface area contributed by atoms with Gasteiger partial charge in [-0.1, -0.05) is 36.2 Å². The number of nitrogens with zero attached hydrogens (tertiary/aromatic N) is 3. The second-order valence-electron chi connectivity index (χ2n) is 5.12. The molecule has 2 atom stereocenters. The first-order valence-corrected chi connectivity index (χ1v) is 8.02. The summed E-state index contributed by atoms with van der Waals surface area (Å²) in [5.41, 5.74) is 0.670. The quantitative estimate of drug-likeness (QED) is 0.851. The van der Waals surface area contributed by atoms with Gasteiger partial charge >= 0.3 is 0 Å². The average Bonchev–Trinajstić information content (AvgIpc) is 3.14. The van der Waals surface area contributed by atoms with Crippen molar-refractivity contribution in [2.75, 3.05) is 6.61 Å². The number of rotatable bonds is 4. The zero-order valence-corrected chi connectivity index (χ0v) is 13.9. The van der Waals surface area contributed by atoms with E-state index in [-0.39, 0.29) is 6.10 Å². The van der Waals surface area contributed by atoms with Gasteiger partial charge in [-0.25, -0.2) is 4.98 Å². The Morgan fingerprint density at radius 3 is 2.77 bits per heavy atom. The first kappa shape index (κ1) is 15.7. The fraction of sp³-hybridized carbons (Fsp3) is 0.467. The Hall–Kier alpha value is -1.14. The highest BCUT2D eigenvalue weighted by Gasteiger charge is 2.49. The summed E-state index contributed by atoms with van der Waals surface area (Å²) in [6.07, 6.45) is 2.47. The van der Waals surface area contributed by atoms with E-state index in [1.54, 1.807) is 29.2 Å². The van der Waals surface area contributed by atoms with E-state index in [0.717, 1.165) is 6.42 Å². The molecule has 1 saturated heterocycles. The molecule has 0 aliphatic carbocycles. The maximum Gasteiger partial charge on any atom is 0.261 e. The lowest BCUT2D eigenvalue weighted by Crippen LogP contribution is -2.32. The average molecular weight is 342 g/mol. The Kier molecular flexibility index (Phi) is 4.41. The Morgan fingerprint density at radius 1 is 1.36 bits per heavy atom. The predicted octanol–water partition coefficient (Wildman–Crippen LogP) is 3.63. The Balaban J connectivity index is 2.11. The molecule has 1 fully saturated rings. The molecule has 0 amide bonds. The topological polar surface area (TPSA) is 49.2 Å². The smallest absolute Gasteiger partial charge is 0.261 e. The van der Waals surface area contributed by atoms with Gasteiger partial charge in [-0.2, -0.15) is 0 Å². The van der Waals surface area contributed by atoms with Gasteiger partial charge in [0.2, 0.25) is 5.82 Å². The number of hydrogen-bond acceptors (Lipinski definition) is 4. The molecule has 1 aliphatic heterocycles. The fourth-order valence-corrected chi connectivity index (χ4v) is 2.98. The third-order valence-corrected chi connectivity index (χ3v) is 4.25. The summed E-state index contributed by atoms with van der Waals surface area (Å²) in [6, 6.07) is 5.23. The van der Waals surface area contributed by atoms with Crippen LogP contribution in [0.2, 0.25) is 10.0 Å². The van der Waals surface area contributed by atoms with Crippen molar-refractivity contribution in [3.05, 3.63) is 46.0 Å².